The number of nitrogens with one attached hydrogen (secondary N) is 2. The van der Waals surface area contributed by atoms with Crippen LogP contribution in [-0.4, -0.2) is 35.9 Å². The second kappa shape index (κ2) is 7.81. The van der Waals surface area contributed by atoms with E-state index in [1.807, 2.05) is 12.1 Å². The van der Waals surface area contributed by atoms with Crippen molar-refractivity contribution in [2.24, 2.45) is 5.92 Å². The molecular weight excluding hydrogens is 304 g/mol. The third-order valence-corrected chi connectivity index (χ3v) is 4.54. The molecule has 1 aliphatic rings. The smallest absolute Gasteiger partial charge is 0.404 e. The van der Waals surface area contributed by atoms with Gasteiger partial charge in [0.2, 0.25) is 0 Å². The molecule has 122 valence electrons. The van der Waals surface area contributed by atoms with Crippen molar-refractivity contribution < 1.29 is 15.0 Å². The van der Waals surface area contributed by atoms with Gasteiger partial charge in [0.1, 0.15) is 0 Å². The molecule has 0 aromatic heterocycles. The third kappa shape index (κ3) is 4.35. The first-order valence-corrected chi connectivity index (χ1v) is 8.06. The van der Waals surface area contributed by atoms with Crippen LogP contribution in [-0.2, 0) is 5.60 Å². The summed E-state index contributed by atoms with van der Waals surface area (Å²) < 4.78 is 0. The van der Waals surface area contributed by atoms with Gasteiger partial charge in [0.25, 0.3) is 0 Å². The van der Waals surface area contributed by atoms with Gasteiger partial charge in [0.05, 0.1) is 5.60 Å². The predicted octanol–water partition coefficient (Wildman–Crippen LogP) is 2.58. The fraction of sp³-hybridized carbons (Fsp3) is 0.562. The van der Waals surface area contributed by atoms with Gasteiger partial charge in [-0.15, -0.1) is 0 Å². The number of carbonyl (C=O) groups is 1. The molecule has 1 aliphatic heterocycles. The van der Waals surface area contributed by atoms with Gasteiger partial charge in [0.15, 0.2) is 0 Å². The van der Waals surface area contributed by atoms with Crippen molar-refractivity contribution in [2.45, 2.75) is 31.3 Å². The maximum atomic E-state index is 11.3. The lowest BCUT2D eigenvalue weighted by Crippen LogP contribution is -2.44. The average Bonchev–Trinajstić information content (AvgIpc) is 2.52. The normalized spacial score (nSPS) is 21.1. The highest BCUT2D eigenvalue weighted by atomic mass is 35.5. The first-order chi connectivity index (χ1) is 10.5. The molecule has 1 aromatic carbocycles. The Labute approximate surface area is 135 Å². The second-order valence-electron chi connectivity index (χ2n) is 5.81. The Morgan fingerprint density at radius 2 is 2.32 bits per heavy atom. The Balaban J connectivity index is 2.13. The summed E-state index contributed by atoms with van der Waals surface area (Å²) in [6, 6.07) is 7.33. The van der Waals surface area contributed by atoms with Crippen LogP contribution in [0.4, 0.5) is 4.79 Å². The van der Waals surface area contributed by atoms with Crippen molar-refractivity contribution in [3.63, 3.8) is 0 Å². The molecule has 0 bridgehead atoms. The molecule has 6 heteroatoms. The number of carboxylic acid groups (broad SMARTS) is 1. The lowest BCUT2D eigenvalue weighted by molar-refractivity contribution is -0.0420. The Morgan fingerprint density at radius 1 is 1.50 bits per heavy atom. The van der Waals surface area contributed by atoms with Crippen LogP contribution in [0.2, 0.25) is 5.02 Å². The summed E-state index contributed by atoms with van der Waals surface area (Å²) in [7, 11) is 0. The van der Waals surface area contributed by atoms with Gasteiger partial charge in [0, 0.05) is 24.0 Å². The van der Waals surface area contributed by atoms with Crippen LogP contribution in [0.25, 0.3) is 0 Å². The highest BCUT2D eigenvalue weighted by Gasteiger charge is 2.38. The van der Waals surface area contributed by atoms with E-state index in [0.29, 0.717) is 24.4 Å². The molecule has 1 amide bonds. The molecule has 0 radical (unpaired) electrons. The van der Waals surface area contributed by atoms with E-state index >= 15 is 0 Å². The van der Waals surface area contributed by atoms with Crippen LogP contribution >= 0.6 is 11.6 Å². The summed E-state index contributed by atoms with van der Waals surface area (Å²) in [6.45, 7) is 2.07. The molecule has 4 N–H and O–H groups in total. The molecule has 2 rings (SSSR count). The van der Waals surface area contributed by atoms with E-state index in [1.165, 1.54) is 0 Å². The Bertz CT molecular complexity index is 506. The minimum absolute atomic E-state index is 0.101. The molecule has 1 fully saturated rings. The fourth-order valence-corrected chi connectivity index (χ4v) is 3.34. The SMILES string of the molecule is O=C(O)NCCCC(O)(c1cccc(Cl)c1)C1CCCNC1. The van der Waals surface area contributed by atoms with E-state index in [4.69, 9.17) is 16.7 Å². The Hall–Kier alpha value is -1.30. The molecule has 1 saturated heterocycles. The van der Waals surface area contributed by atoms with Gasteiger partial charge in [-0.1, -0.05) is 23.7 Å². The van der Waals surface area contributed by atoms with Crippen molar-refractivity contribution in [1.29, 1.82) is 0 Å². The lowest BCUT2D eigenvalue weighted by Gasteiger charge is -2.39. The van der Waals surface area contributed by atoms with Gasteiger partial charge >= 0.3 is 6.09 Å². The average molecular weight is 327 g/mol. The highest BCUT2D eigenvalue weighted by Crippen LogP contribution is 2.38. The number of piperidine rings is 1. The molecule has 0 saturated carbocycles. The molecule has 2 unspecified atom stereocenters. The van der Waals surface area contributed by atoms with Gasteiger partial charge in [-0.2, -0.15) is 0 Å². The van der Waals surface area contributed by atoms with E-state index < -0.39 is 11.7 Å². The largest absolute Gasteiger partial charge is 0.465 e. The second-order valence-corrected chi connectivity index (χ2v) is 6.25. The van der Waals surface area contributed by atoms with Gasteiger partial charge < -0.3 is 20.8 Å². The first-order valence-electron chi connectivity index (χ1n) is 7.68. The zero-order valence-electron chi connectivity index (χ0n) is 12.5. The van der Waals surface area contributed by atoms with E-state index in [2.05, 4.69) is 10.6 Å². The summed E-state index contributed by atoms with van der Waals surface area (Å²) >= 11 is 6.08. The minimum atomic E-state index is -1.04. The van der Waals surface area contributed by atoms with Crippen LogP contribution in [0.3, 0.4) is 0 Å². The Kier molecular flexibility index (Phi) is 6.06. The number of amides is 1. The summed E-state index contributed by atoms with van der Waals surface area (Å²) in [5.74, 6) is 0.101. The molecule has 0 spiro atoms. The molecular formula is C16H23ClN2O3. The van der Waals surface area contributed by atoms with Gasteiger partial charge in [-0.3, -0.25) is 0 Å². The summed E-state index contributed by atoms with van der Waals surface area (Å²) in [5.41, 5.74) is -0.178. The monoisotopic (exact) mass is 326 g/mol. The molecule has 1 aromatic rings. The highest BCUT2D eigenvalue weighted by molar-refractivity contribution is 6.30. The van der Waals surface area contributed by atoms with E-state index in [0.717, 1.165) is 31.5 Å². The molecule has 22 heavy (non-hydrogen) atoms. The maximum Gasteiger partial charge on any atom is 0.404 e. The first kappa shape index (κ1) is 17.1. The predicted molar refractivity (Wildman–Crippen MR) is 86.2 cm³/mol. The number of rotatable bonds is 6. The van der Waals surface area contributed by atoms with Crippen LogP contribution in [0.5, 0.6) is 0 Å². The van der Waals surface area contributed by atoms with Crippen LogP contribution < -0.4 is 10.6 Å². The van der Waals surface area contributed by atoms with Crippen LogP contribution in [0.1, 0.15) is 31.2 Å². The van der Waals surface area contributed by atoms with Gasteiger partial charge in [-0.05, 0) is 49.9 Å². The van der Waals surface area contributed by atoms with Crippen LogP contribution in [0.15, 0.2) is 24.3 Å². The van der Waals surface area contributed by atoms with Crippen molar-refractivity contribution in [3.05, 3.63) is 34.9 Å². The Morgan fingerprint density at radius 3 is 2.95 bits per heavy atom. The summed E-state index contributed by atoms with van der Waals surface area (Å²) in [5, 5.41) is 26.2. The fourth-order valence-electron chi connectivity index (χ4n) is 3.15. The topological polar surface area (TPSA) is 81.6 Å². The number of aliphatic hydroxyl groups is 1. The van der Waals surface area contributed by atoms with Crippen LogP contribution in [0, 0.1) is 5.92 Å². The van der Waals surface area contributed by atoms with Crippen molar-refractivity contribution >= 4 is 17.7 Å². The number of hydrogen-bond donors (Lipinski definition) is 4. The van der Waals surface area contributed by atoms with Crippen molar-refractivity contribution in [1.82, 2.24) is 10.6 Å². The molecule has 2 atom stereocenters. The number of hydrogen-bond acceptors (Lipinski definition) is 3. The van der Waals surface area contributed by atoms with E-state index in [9.17, 15) is 9.90 Å². The number of halogens is 1. The molecule has 5 nitrogen and oxygen atoms in total. The lowest BCUT2D eigenvalue weighted by atomic mass is 9.74. The zero-order chi connectivity index (χ0) is 16.0. The number of benzene rings is 1. The molecule has 0 aliphatic carbocycles. The van der Waals surface area contributed by atoms with Crippen molar-refractivity contribution in [3.8, 4) is 0 Å². The van der Waals surface area contributed by atoms with E-state index in [-0.39, 0.29) is 5.92 Å². The zero-order valence-corrected chi connectivity index (χ0v) is 13.3. The standard InChI is InChI=1S/C16H23ClN2O3/c17-14-6-1-4-12(10-14)16(22,7-3-9-19-15(20)21)13-5-2-8-18-11-13/h1,4,6,10,13,18-19,22H,2-3,5,7-9,11H2,(H,20,21). The van der Waals surface area contributed by atoms with Gasteiger partial charge in [-0.25, -0.2) is 4.79 Å². The quantitative estimate of drug-likeness (QED) is 0.606. The van der Waals surface area contributed by atoms with Crippen molar-refractivity contribution in [2.75, 3.05) is 19.6 Å². The summed E-state index contributed by atoms with van der Waals surface area (Å²) in [6.07, 6.45) is 2.01. The summed E-state index contributed by atoms with van der Waals surface area (Å²) in [4.78, 5) is 10.5. The van der Waals surface area contributed by atoms with E-state index in [1.54, 1.807) is 12.1 Å². The molecule has 1 heterocycles. The minimum Gasteiger partial charge on any atom is -0.465 e. The maximum absolute atomic E-state index is 11.3. The third-order valence-electron chi connectivity index (χ3n) is 4.31.